The van der Waals surface area contributed by atoms with E-state index in [1.807, 2.05) is 0 Å². The summed E-state index contributed by atoms with van der Waals surface area (Å²) in [4.78, 5) is 3.94. The van der Waals surface area contributed by atoms with Gasteiger partial charge in [0.05, 0.1) is 13.2 Å². The zero-order valence-electron chi connectivity index (χ0n) is 6.61. The summed E-state index contributed by atoms with van der Waals surface area (Å²) in [6, 6.07) is 0. The van der Waals surface area contributed by atoms with Crippen LogP contribution in [0.1, 0.15) is 18.9 Å². The molecule has 0 saturated heterocycles. The van der Waals surface area contributed by atoms with E-state index in [9.17, 15) is 5.11 Å². The van der Waals surface area contributed by atoms with Gasteiger partial charge in [0, 0.05) is 0 Å². The predicted molar refractivity (Wildman–Crippen MR) is 45.4 cm³/mol. The quantitative estimate of drug-likeness (QED) is 0.779. The van der Waals surface area contributed by atoms with Crippen LogP contribution in [0.3, 0.4) is 0 Å². The van der Waals surface area contributed by atoms with E-state index in [-0.39, 0.29) is 6.61 Å². The average molecular weight is 236 g/mol. The number of aliphatic hydroxyl groups is 2. The van der Waals surface area contributed by atoms with Gasteiger partial charge in [-0.05, 0) is 22.9 Å². The van der Waals surface area contributed by atoms with Crippen molar-refractivity contribution in [2.75, 3.05) is 6.61 Å². The minimum Gasteiger partial charge on any atom is -0.394 e. The number of nitrogens with zero attached hydrogens (tertiary/aromatic N) is 3. The van der Waals surface area contributed by atoms with Gasteiger partial charge in [0.2, 0.25) is 4.73 Å². The Morgan fingerprint density at radius 2 is 2.33 bits per heavy atom. The number of hydrogen-bond donors (Lipinski definition) is 2. The summed E-state index contributed by atoms with van der Waals surface area (Å²) in [5, 5.41) is 21.8. The van der Waals surface area contributed by atoms with Gasteiger partial charge in [0.1, 0.15) is 6.10 Å². The van der Waals surface area contributed by atoms with Crippen molar-refractivity contribution in [2.45, 2.75) is 19.6 Å². The van der Waals surface area contributed by atoms with E-state index in [2.05, 4.69) is 26.0 Å². The lowest BCUT2D eigenvalue weighted by Gasteiger charge is -2.04. The van der Waals surface area contributed by atoms with Crippen molar-refractivity contribution in [2.24, 2.45) is 0 Å². The Morgan fingerprint density at radius 3 is 2.83 bits per heavy atom. The Bertz CT molecular complexity index is 261. The number of aromatic nitrogens is 3. The molecule has 1 atom stereocenters. The third-order valence-electron chi connectivity index (χ3n) is 1.36. The summed E-state index contributed by atoms with van der Waals surface area (Å²) >= 11 is 3.09. The van der Waals surface area contributed by atoms with Crippen LogP contribution in [0.5, 0.6) is 0 Å². The topological polar surface area (TPSA) is 71.2 Å². The first-order valence-electron chi connectivity index (χ1n) is 3.54. The number of hydrogen-bond acceptors (Lipinski definition) is 4. The molecule has 68 valence electrons. The zero-order valence-corrected chi connectivity index (χ0v) is 8.19. The van der Waals surface area contributed by atoms with Gasteiger partial charge in [0.25, 0.3) is 0 Å². The van der Waals surface area contributed by atoms with Gasteiger partial charge < -0.3 is 10.2 Å². The minimum atomic E-state index is -0.671. The molecule has 0 aliphatic heterocycles. The van der Waals surface area contributed by atoms with E-state index < -0.39 is 6.10 Å². The van der Waals surface area contributed by atoms with E-state index >= 15 is 0 Å². The second-order valence-electron chi connectivity index (χ2n) is 2.36. The SMILES string of the molecule is CC(O)c1nc(Br)nn1CCO. The molecule has 0 fully saturated rings. The molecule has 0 amide bonds. The van der Waals surface area contributed by atoms with E-state index in [1.54, 1.807) is 6.92 Å². The van der Waals surface area contributed by atoms with E-state index in [0.717, 1.165) is 0 Å². The Balaban J connectivity index is 2.92. The Hall–Kier alpha value is -0.460. The monoisotopic (exact) mass is 235 g/mol. The summed E-state index contributed by atoms with van der Waals surface area (Å²) < 4.78 is 1.89. The van der Waals surface area contributed by atoms with E-state index in [1.165, 1.54) is 4.68 Å². The highest BCUT2D eigenvalue weighted by Gasteiger charge is 2.11. The van der Waals surface area contributed by atoms with E-state index in [0.29, 0.717) is 17.1 Å². The fraction of sp³-hybridized carbons (Fsp3) is 0.667. The molecule has 0 spiro atoms. The number of aliphatic hydroxyl groups excluding tert-OH is 2. The van der Waals surface area contributed by atoms with E-state index in [4.69, 9.17) is 5.11 Å². The van der Waals surface area contributed by atoms with Crippen LogP contribution in [0.15, 0.2) is 4.73 Å². The van der Waals surface area contributed by atoms with Crippen LogP contribution in [-0.2, 0) is 6.54 Å². The maximum atomic E-state index is 9.22. The molecule has 0 radical (unpaired) electrons. The van der Waals surface area contributed by atoms with Crippen LogP contribution in [-0.4, -0.2) is 31.6 Å². The molecular weight excluding hydrogens is 226 g/mol. The lowest BCUT2D eigenvalue weighted by Crippen LogP contribution is -2.10. The highest BCUT2D eigenvalue weighted by molar-refractivity contribution is 9.10. The van der Waals surface area contributed by atoms with Gasteiger partial charge >= 0.3 is 0 Å². The maximum absolute atomic E-state index is 9.22. The molecule has 1 unspecified atom stereocenters. The van der Waals surface area contributed by atoms with Gasteiger partial charge in [-0.15, -0.1) is 5.10 Å². The predicted octanol–water partition coefficient (Wildman–Crippen LogP) is 0.0862. The lowest BCUT2D eigenvalue weighted by atomic mass is 10.4. The van der Waals surface area contributed by atoms with Crippen molar-refractivity contribution in [1.29, 1.82) is 0 Å². The minimum absolute atomic E-state index is 0.0183. The van der Waals surface area contributed by atoms with Crippen molar-refractivity contribution < 1.29 is 10.2 Å². The van der Waals surface area contributed by atoms with Gasteiger partial charge in [-0.2, -0.15) is 0 Å². The third kappa shape index (κ3) is 2.02. The molecule has 5 nitrogen and oxygen atoms in total. The van der Waals surface area contributed by atoms with Crippen molar-refractivity contribution in [3.63, 3.8) is 0 Å². The van der Waals surface area contributed by atoms with Crippen molar-refractivity contribution in [1.82, 2.24) is 14.8 Å². The van der Waals surface area contributed by atoms with Crippen LogP contribution in [0.2, 0.25) is 0 Å². The number of halogens is 1. The Kier molecular flexibility index (Phi) is 3.19. The van der Waals surface area contributed by atoms with Gasteiger partial charge in [-0.3, -0.25) is 0 Å². The van der Waals surface area contributed by atoms with Gasteiger partial charge in [0.15, 0.2) is 5.82 Å². The molecule has 1 heterocycles. The molecule has 0 bridgehead atoms. The maximum Gasteiger partial charge on any atom is 0.217 e. The second-order valence-corrected chi connectivity index (χ2v) is 3.07. The summed E-state index contributed by atoms with van der Waals surface area (Å²) in [5.74, 6) is 0.455. The molecule has 0 aromatic carbocycles. The lowest BCUT2D eigenvalue weighted by molar-refractivity contribution is 0.177. The normalized spacial score (nSPS) is 13.3. The van der Waals surface area contributed by atoms with Gasteiger partial charge in [-0.25, -0.2) is 9.67 Å². The fourth-order valence-corrected chi connectivity index (χ4v) is 1.27. The second kappa shape index (κ2) is 3.97. The van der Waals surface area contributed by atoms with Crippen molar-refractivity contribution >= 4 is 15.9 Å². The summed E-state index contributed by atoms with van der Waals surface area (Å²) in [6.07, 6.45) is -0.671. The molecule has 2 N–H and O–H groups in total. The molecule has 1 aromatic heterocycles. The smallest absolute Gasteiger partial charge is 0.217 e. The van der Waals surface area contributed by atoms with Crippen molar-refractivity contribution in [3.8, 4) is 0 Å². The molecule has 0 aliphatic rings. The van der Waals surface area contributed by atoms with Crippen LogP contribution in [0.4, 0.5) is 0 Å². The van der Waals surface area contributed by atoms with Crippen LogP contribution >= 0.6 is 15.9 Å². The highest BCUT2D eigenvalue weighted by Crippen LogP contribution is 2.12. The van der Waals surface area contributed by atoms with Crippen LogP contribution in [0, 0.1) is 0 Å². The third-order valence-corrected chi connectivity index (χ3v) is 1.70. The molecule has 6 heteroatoms. The first kappa shape index (κ1) is 9.63. The molecule has 1 rings (SSSR count). The summed E-state index contributed by atoms with van der Waals surface area (Å²) in [6.45, 7) is 1.93. The summed E-state index contributed by atoms with van der Waals surface area (Å²) in [5.41, 5.74) is 0. The van der Waals surface area contributed by atoms with Crippen LogP contribution < -0.4 is 0 Å². The summed E-state index contributed by atoms with van der Waals surface area (Å²) in [7, 11) is 0. The largest absolute Gasteiger partial charge is 0.394 e. The Labute approximate surface area is 78.2 Å². The first-order chi connectivity index (χ1) is 5.65. The highest BCUT2D eigenvalue weighted by atomic mass is 79.9. The van der Waals surface area contributed by atoms with Crippen LogP contribution in [0.25, 0.3) is 0 Å². The zero-order chi connectivity index (χ0) is 9.14. The van der Waals surface area contributed by atoms with Gasteiger partial charge in [-0.1, -0.05) is 0 Å². The molecule has 1 aromatic rings. The first-order valence-corrected chi connectivity index (χ1v) is 4.33. The number of rotatable bonds is 3. The molecular formula is C6H10BrN3O2. The standard InChI is InChI=1S/C6H10BrN3O2/c1-4(12)5-8-6(7)9-10(5)2-3-11/h4,11-12H,2-3H2,1H3. The van der Waals surface area contributed by atoms with Crippen molar-refractivity contribution in [3.05, 3.63) is 10.6 Å². The Morgan fingerprint density at radius 1 is 1.67 bits per heavy atom. The molecule has 0 aliphatic carbocycles. The fourth-order valence-electron chi connectivity index (χ4n) is 0.894. The molecule has 0 saturated carbocycles. The average Bonchev–Trinajstić information content (AvgIpc) is 2.32. The molecule has 12 heavy (non-hydrogen) atoms.